The normalized spacial score (nSPS) is 10.3. The molecule has 0 aliphatic heterocycles. The topological polar surface area (TPSA) is 50.9 Å². The fourth-order valence-electron chi connectivity index (χ4n) is 1.54. The molecule has 2 heterocycles. The van der Waals surface area contributed by atoms with Crippen molar-refractivity contribution in [1.82, 2.24) is 4.98 Å². The van der Waals surface area contributed by atoms with Gasteiger partial charge in [-0.15, -0.1) is 11.3 Å². The molecule has 0 aliphatic carbocycles. The molecule has 0 radical (unpaired) electrons. The zero-order chi connectivity index (χ0) is 13.0. The van der Waals surface area contributed by atoms with E-state index in [2.05, 4.69) is 38.4 Å². The minimum Gasteiger partial charge on any atom is -0.389 e. The Labute approximate surface area is 124 Å². The molecule has 0 unspecified atom stereocenters. The number of thiophene rings is 1. The number of rotatable bonds is 5. The van der Waals surface area contributed by atoms with Gasteiger partial charge in [-0.25, -0.2) is 4.98 Å². The maximum Gasteiger partial charge on any atom is 0.136 e. The van der Waals surface area contributed by atoms with Crippen molar-refractivity contribution in [3.8, 4) is 0 Å². The number of pyridine rings is 1. The lowest BCUT2D eigenvalue weighted by atomic mass is 10.2. The number of aromatic nitrogens is 1. The van der Waals surface area contributed by atoms with Crippen LogP contribution in [0.15, 0.2) is 34.2 Å². The van der Waals surface area contributed by atoms with Gasteiger partial charge in [0.05, 0.1) is 9.35 Å². The number of nitrogens with one attached hydrogen (secondary N) is 1. The zero-order valence-electron chi connectivity index (χ0n) is 9.52. The first-order valence-electron chi connectivity index (χ1n) is 5.39. The maximum absolute atomic E-state index is 5.65. The van der Waals surface area contributed by atoms with Crippen molar-refractivity contribution in [2.75, 3.05) is 11.9 Å². The van der Waals surface area contributed by atoms with Gasteiger partial charge in [-0.2, -0.15) is 0 Å². The highest BCUT2D eigenvalue weighted by molar-refractivity contribution is 9.11. The first-order valence-corrected chi connectivity index (χ1v) is 7.41. The van der Waals surface area contributed by atoms with Gasteiger partial charge in [0, 0.05) is 17.6 Å². The van der Waals surface area contributed by atoms with E-state index in [9.17, 15) is 0 Å². The SMILES string of the molecule is NC(=S)c1cccnc1NCCc1ccc(Br)s1. The molecule has 3 N–H and O–H groups in total. The fraction of sp³-hybridized carbons (Fsp3) is 0.167. The second-order valence-electron chi connectivity index (χ2n) is 3.65. The highest BCUT2D eigenvalue weighted by Crippen LogP contribution is 2.22. The Morgan fingerprint density at radius 3 is 2.94 bits per heavy atom. The second kappa shape index (κ2) is 6.26. The average Bonchev–Trinajstić information content (AvgIpc) is 2.75. The molecular formula is C12H12BrN3S2. The van der Waals surface area contributed by atoms with Crippen LogP contribution in [0.1, 0.15) is 10.4 Å². The summed E-state index contributed by atoms with van der Waals surface area (Å²) in [6.07, 6.45) is 2.68. The summed E-state index contributed by atoms with van der Waals surface area (Å²) < 4.78 is 1.15. The van der Waals surface area contributed by atoms with Gasteiger partial charge in [-0.1, -0.05) is 12.2 Å². The summed E-state index contributed by atoms with van der Waals surface area (Å²) in [7, 11) is 0. The van der Waals surface area contributed by atoms with E-state index >= 15 is 0 Å². The number of nitrogens with zero attached hydrogens (tertiary/aromatic N) is 1. The van der Waals surface area contributed by atoms with Gasteiger partial charge in [0.25, 0.3) is 0 Å². The lowest BCUT2D eigenvalue weighted by Gasteiger charge is -2.08. The van der Waals surface area contributed by atoms with Crippen molar-refractivity contribution in [2.45, 2.75) is 6.42 Å². The molecular weight excluding hydrogens is 330 g/mol. The number of hydrogen-bond acceptors (Lipinski definition) is 4. The predicted octanol–water partition coefficient (Wildman–Crippen LogP) is 3.19. The summed E-state index contributed by atoms with van der Waals surface area (Å²) in [5.41, 5.74) is 6.44. The smallest absolute Gasteiger partial charge is 0.136 e. The third-order valence-electron chi connectivity index (χ3n) is 2.37. The molecule has 0 spiro atoms. The van der Waals surface area contributed by atoms with Gasteiger partial charge in [0.15, 0.2) is 0 Å². The van der Waals surface area contributed by atoms with Gasteiger partial charge in [0.1, 0.15) is 10.8 Å². The quantitative estimate of drug-likeness (QED) is 0.820. The summed E-state index contributed by atoms with van der Waals surface area (Å²) in [5, 5.41) is 3.27. The molecule has 2 rings (SSSR count). The lowest BCUT2D eigenvalue weighted by Crippen LogP contribution is -2.15. The van der Waals surface area contributed by atoms with E-state index < -0.39 is 0 Å². The molecule has 2 aromatic rings. The molecule has 0 fully saturated rings. The third kappa shape index (κ3) is 3.51. The summed E-state index contributed by atoms with van der Waals surface area (Å²) in [4.78, 5) is 5.94. The van der Waals surface area contributed by atoms with Crippen molar-refractivity contribution in [3.05, 3.63) is 44.7 Å². The highest BCUT2D eigenvalue weighted by atomic mass is 79.9. The van der Waals surface area contributed by atoms with Crippen LogP contribution in [0, 0.1) is 0 Å². The van der Waals surface area contributed by atoms with E-state index in [4.69, 9.17) is 18.0 Å². The number of nitrogens with two attached hydrogens (primary N) is 1. The van der Waals surface area contributed by atoms with Crippen molar-refractivity contribution < 1.29 is 0 Å². The maximum atomic E-state index is 5.65. The minimum atomic E-state index is 0.365. The lowest BCUT2D eigenvalue weighted by molar-refractivity contribution is 1.03. The number of halogens is 1. The molecule has 0 saturated heterocycles. The average molecular weight is 342 g/mol. The Hall–Kier alpha value is -0.980. The minimum absolute atomic E-state index is 0.365. The Morgan fingerprint density at radius 1 is 1.44 bits per heavy atom. The van der Waals surface area contributed by atoms with Crippen LogP contribution in [-0.2, 0) is 6.42 Å². The molecule has 6 heteroatoms. The van der Waals surface area contributed by atoms with E-state index in [-0.39, 0.29) is 0 Å². The second-order valence-corrected chi connectivity index (χ2v) is 6.63. The van der Waals surface area contributed by atoms with Crippen molar-refractivity contribution in [3.63, 3.8) is 0 Å². The largest absolute Gasteiger partial charge is 0.389 e. The molecule has 2 aromatic heterocycles. The zero-order valence-corrected chi connectivity index (χ0v) is 12.7. The van der Waals surface area contributed by atoms with E-state index in [0.717, 1.165) is 28.1 Å². The van der Waals surface area contributed by atoms with Gasteiger partial charge in [-0.3, -0.25) is 0 Å². The Bertz CT molecular complexity index is 554. The molecule has 0 amide bonds. The van der Waals surface area contributed by atoms with Crippen LogP contribution in [0.3, 0.4) is 0 Å². The van der Waals surface area contributed by atoms with Gasteiger partial charge >= 0.3 is 0 Å². The van der Waals surface area contributed by atoms with E-state index in [0.29, 0.717) is 4.99 Å². The molecule has 0 bridgehead atoms. The monoisotopic (exact) mass is 341 g/mol. The highest BCUT2D eigenvalue weighted by Gasteiger charge is 2.05. The van der Waals surface area contributed by atoms with Crippen LogP contribution >= 0.6 is 39.5 Å². The van der Waals surface area contributed by atoms with Crippen molar-refractivity contribution in [2.24, 2.45) is 5.73 Å². The number of hydrogen-bond donors (Lipinski definition) is 2. The Balaban J connectivity index is 1.96. The van der Waals surface area contributed by atoms with Crippen LogP contribution in [0.4, 0.5) is 5.82 Å². The first kappa shape index (κ1) is 13.5. The van der Waals surface area contributed by atoms with E-state index in [1.54, 1.807) is 17.5 Å². The van der Waals surface area contributed by atoms with Gasteiger partial charge < -0.3 is 11.1 Å². The van der Waals surface area contributed by atoms with E-state index in [1.807, 2.05) is 12.1 Å². The standard InChI is InChI=1S/C12H12BrN3S2/c13-10-4-3-8(18-10)5-7-16-12-9(11(14)17)2-1-6-15-12/h1-4,6H,5,7H2,(H2,14,17)(H,15,16). The fourth-order valence-corrected chi connectivity index (χ4v) is 3.18. The molecule has 3 nitrogen and oxygen atoms in total. The Morgan fingerprint density at radius 2 is 2.28 bits per heavy atom. The van der Waals surface area contributed by atoms with Crippen LogP contribution in [0.25, 0.3) is 0 Å². The summed E-state index contributed by atoms with van der Waals surface area (Å²) in [6, 6.07) is 7.87. The van der Waals surface area contributed by atoms with Gasteiger partial charge in [-0.05, 0) is 46.6 Å². The summed E-state index contributed by atoms with van der Waals surface area (Å²) >= 11 is 10.2. The first-order chi connectivity index (χ1) is 8.66. The van der Waals surface area contributed by atoms with Crippen LogP contribution < -0.4 is 11.1 Å². The number of anilines is 1. The summed E-state index contributed by atoms with van der Waals surface area (Å²) in [5.74, 6) is 0.751. The molecule has 0 saturated carbocycles. The van der Waals surface area contributed by atoms with Crippen LogP contribution in [-0.4, -0.2) is 16.5 Å². The van der Waals surface area contributed by atoms with Crippen molar-refractivity contribution >= 4 is 50.3 Å². The molecule has 0 aliphatic rings. The van der Waals surface area contributed by atoms with E-state index in [1.165, 1.54) is 4.88 Å². The third-order valence-corrected chi connectivity index (χ3v) is 4.27. The van der Waals surface area contributed by atoms with Crippen molar-refractivity contribution in [1.29, 1.82) is 0 Å². The molecule has 0 aromatic carbocycles. The molecule has 94 valence electrons. The molecule has 0 atom stereocenters. The van der Waals surface area contributed by atoms with Crippen LogP contribution in [0.5, 0.6) is 0 Å². The van der Waals surface area contributed by atoms with Crippen LogP contribution in [0.2, 0.25) is 0 Å². The molecule has 18 heavy (non-hydrogen) atoms. The number of thiocarbonyl (C=S) groups is 1. The van der Waals surface area contributed by atoms with Gasteiger partial charge in [0.2, 0.25) is 0 Å². The predicted molar refractivity (Wildman–Crippen MR) is 84.3 cm³/mol. The summed E-state index contributed by atoms with van der Waals surface area (Å²) in [6.45, 7) is 0.805. The Kier molecular flexibility index (Phi) is 4.68.